The first-order valence-electron chi connectivity index (χ1n) is 13.9. The van der Waals surface area contributed by atoms with Crippen molar-refractivity contribution < 1.29 is 17.6 Å². The van der Waals surface area contributed by atoms with Gasteiger partial charge in [0.2, 0.25) is 0 Å². The largest absolute Gasteiger partial charge is 0.413 e. The Morgan fingerprint density at radius 1 is 1.09 bits per heavy atom. The second-order valence-corrected chi connectivity index (χ2v) is 12.6. The van der Waals surface area contributed by atoms with E-state index in [4.69, 9.17) is 11.6 Å². The zero-order valence-corrected chi connectivity index (χ0v) is 24.7. The first kappa shape index (κ1) is 29.6. The Labute approximate surface area is 255 Å². The number of hydrogen-bond acceptors (Lipinski definition) is 7. The molecule has 1 aliphatic rings. The lowest BCUT2D eigenvalue weighted by atomic mass is 9.96. The maximum absolute atomic E-state index is 14.8. The van der Waals surface area contributed by atoms with Crippen molar-refractivity contribution in [3.63, 3.8) is 0 Å². The first-order valence-corrected chi connectivity index (χ1v) is 14.2. The van der Waals surface area contributed by atoms with Crippen LogP contribution in [0, 0.1) is 22.6 Å². The van der Waals surface area contributed by atoms with Gasteiger partial charge in [0.15, 0.2) is 5.54 Å². The zero-order chi connectivity index (χ0) is 31.4. The fourth-order valence-corrected chi connectivity index (χ4v) is 5.51. The third kappa shape index (κ3) is 5.26. The highest BCUT2D eigenvalue weighted by atomic mass is 35.5. The highest BCUT2D eigenvalue weighted by Gasteiger charge is 2.66. The molecule has 226 valence electrons. The molecule has 0 spiro atoms. The summed E-state index contributed by atoms with van der Waals surface area (Å²) in [6.07, 6.45) is -0.499. The van der Waals surface area contributed by atoms with Crippen molar-refractivity contribution in [2.45, 2.75) is 51.4 Å². The molecule has 1 atom stereocenters. The Bertz CT molecular complexity index is 1940. The molecule has 1 fully saturated rings. The molecule has 1 saturated carbocycles. The molecule has 0 aliphatic heterocycles. The van der Waals surface area contributed by atoms with Crippen LogP contribution in [0.3, 0.4) is 0 Å². The molecule has 2 N–H and O–H groups in total. The zero-order valence-electron chi connectivity index (χ0n) is 24.0. The number of nitriles is 1. The van der Waals surface area contributed by atoms with Crippen LogP contribution in [0.1, 0.15) is 56.5 Å². The smallest absolute Gasteiger partial charge is 0.383 e. The van der Waals surface area contributed by atoms with E-state index in [-0.39, 0.29) is 34.5 Å². The number of aromatic nitrogens is 5. The lowest BCUT2D eigenvalue weighted by Crippen LogP contribution is -2.35. The minimum atomic E-state index is -4.50. The average molecular weight is 623 g/mol. The van der Waals surface area contributed by atoms with Gasteiger partial charge >= 0.3 is 6.18 Å². The quantitative estimate of drug-likeness (QED) is 0.179. The number of halogens is 5. The molecular formula is C31H27ClF4N8. The number of hydrogen-bond donors (Lipinski definition) is 2. The molecule has 1 unspecified atom stereocenters. The topological polar surface area (TPSA) is 104 Å². The summed E-state index contributed by atoms with van der Waals surface area (Å²) in [7, 11) is 0. The van der Waals surface area contributed by atoms with Gasteiger partial charge in [0.05, 0.1) is 34.0 Å². The summed E-state index contributed by atoms with van der Waals surface area (Å²) in [5.74, 6) is -0.542. The molecule has 6 rings (SSSR count). The van der Waals surface area contributed by atoms with Crippen LogP contribution < -0.4 is 10.6 Å². The second kappa shape index (κ2) is 10.6. The molecule has 5 aromatic rings. The molecule has 0 radical (unpaired) electrons. The van der Waals surface area contributed by atoms with Crippen LogP contribution in [0.2, 0.25) is 5.02 Å². The third-order valence-electron chi connectivity index (χ3n) is 7.71. The average Bonchev–Trinajstić information content (AvgIpc) is 3.66. The molecule has 1 aliphatic carbocycles. The van der Waals surface area contributed by atoms with Gasteiger partial charge in [-0.15, -0.1) is 5.10 Å². The monoisotopic (exact) mass is 622 g/mol. The fourth-order valence-electron chi connectivity index (χ4n) is 5.24. The van der Waals surface area contributed by atoms with E-state index in [9.17, 15) is 22.8 Å². The Kier molecular flexibility index (Phi) is 7.12. The van der Waals surface area contributed by atoms with E-state index in [0.717, 1.165) is 4.68 Å². The Hall–Kier alpha value is -4.50. The van der Waals surface area contributed by atoms with Crippen molar-refractivity contribution in [3.05, 3.63) is 82.6 Å². The molecule has 8 nitrogen and oxygen atoms in total. The molecule has 2 aromatic carbocycles. The van der Waals surface area contributed by atoms with Gasteiger partial charge in [-0.3, -0.25) is 9.97 Å². The summed E-state index contributed by atoms with van der Waals surface area (Å²) >= 11 is 6.70. The number of rotatable bonds is 7. The van der Waals surface area contributed by atoms with Crippen LogP contribution in [0.5, 0.6) is 0 Å². The molecule has 3 heterocycles. The van der Waals surface area contributed by atoms with Crippen LogP contribution in [0.25, 0.3) is 21.8 Å². The predicted molar refractivity (Wildman–Crippen MR) is 160 cm³/mol. The molecule has 0 bridgehead atoms. The van der Waals surface area contributed by atoms with Crippen LogP contribution >= 0.6 is 11.6 Å². The molecule has 44 heavy (non-hydrogen) atoms. The van der Waals surface area contributed by atoms with Gasteiger partial charge in [-0.05, 0) is 48.1 Å². The summed E-state index contributed by atoms with van der Waals surface area (Å²) in [6, 6.07) is 10.8. The molecule has 0 saturated heterocycles. The summed E-state index contributed by atoms with van der Waals surface area (Å²) < 4.78 is 57.4. The first-order chi connectivity index (χ1) is 20.8. The number of nitrogens with one attached hydrogen (secondary N) is 2. The Morgan fingerprint density at radius 3 is 2.55 bits per heavy atom. The molecule has 3 aromatic heterocycles. The van der Waals surface area contributed by atoms with E-state index < -0.39 is 23.6 Å². The van der Waals surface area contributed by atoms with Crippen molar-refractivity contribution in [3.8, 4) is 6.07 Å². The van der Waals surface area contributed by atoms with Crippen molar-refractivity contribution >= 4 is 44.8 Å². The maximum Gasteiger partial charge on any atom is 0.413 e. The Balaban J connectivity index is 1.50. The summed E-state index contributed by atoms with van der Waals surface area (Å²) in [4.78, 5) is 8.58. The van der Waals surface area contributed by atoms with Gasteiger partial charge in [-0.1, -0.05) is 49.7 Å². The van der Waals surface area contributed by atoms with Crippen LogP contribution in [0.4, 0.5) is 28.9 Å². The third-order valence-corrected chi connectivity index (χ3v) is 8.00. The van der Waals surface area contributed by atoms with Gasteiger partial charge < -0.3 is 10.6 Å². The fraction of sp³-hybridized carbons (Fsp3) is 0.323. The van der Waals surface area contributed by atoms with E-state index in [1.807, 2.05) is 0 Å². The summed E-state index contributed by atoms with van der Waals surface area (Å²) in [6.45, 7) is 6.72. The van der Waals surface area contributed by atoms with Crippen molar-refractivity contribution in [1.29, 1.82) is 5.26 Å². The normalized spacial score (nSPS) is 15.2. The SMILES string of the molecule is CC(C)(C)CNc1c(C#N)cnc2c(Cl)cc(NC(c3cn(C4(C(F)(F)F)CC4)nn3)c3ccc(F)c4ncccc34)cc12. The van der Waals surface area contributed by atoms with Crippen molar-refractivity contribution in [2.24, 2.45) is 5.41 Å². The van der Waals surface area contributed by atoms with E-state index in [1.54, 1.807) is 30.3 Å². The number of pyridine rings is 2. The van der Waals surface area contributed by atoms with Crippen LogP contribution in [0.15, 0.2) is 55.0 Å². The lowest BCUT2D eigenvalue weighted by Gasteiger charge is -2.23. The summed E-state index contributed by atoms with van der Waals surface area (Å²) in [5, 5.41) is 25.9. The highest BCUT2D eigenvalue weighted by molar-refractivity contribution is 6.35. The van der Waals surface area contributed by atoms with E-state index in [2.05, 4.69) is 57.8 Å². The maximum atomic E-state index is 14.8. The number of anilines is 2. The minimum Gasteiger partial charge on any atom is -0.383 e. The van der Waals surface area contributed by atoms with Crippen LogP contribution in [-0.2, 0) is 5.54 Å². The molecule has 0 amide bonds. The van der Waals surface area contributed by atoms with Gasteiger partial charge in [0.1, 0.15) is 23.1 Å². The lowest BCUT2D eigenvalue weighted by molar-refractivity contribution is -0.182. The van der Waals surface area contributed by atoms with E-state index >= 15 is 0 Å². The van der Waals surface area contributed by atoms with Gasteiger partial charge in [-0.2, -0.15) is 18.4 Å². The van der Waals surface area contributed by atoms with E-state index in [0.29, 0.717) is 45.3 Å². The van der Waals surface area contributed by atoms with Gasteiger partial charge in [0.25, 0.3) is 0 Å². The van der Waals surface area contributed by atoms with Crippen molar-refractivity contribution in [1.82, 2.24) is 25.0 Å². The second-order valence-electron chi connectivity index (χ2n) is 12.2. The molecule has 13 heteroatoms. The predicted octanol–water partition coefficient (Wildman–Crippen LogP) is 7.75. The number of benzene rings is 2. The highest BCUT2D eigenvalue weighted by Crippen LogP contribution is 2.55. The number of nitrogens with zero attached hydrogens (tertiary/aromatic N) is 6. The van der Waals surface area contributed by atoms with Crippen LogP contribution in [-0.4, -0.2) is 37.7 Å². The van der Waals surface area contributed by atoms with Crippen molar-refractivity contribution in [2.75, 3.05) is 17.2 Å². The molecular weight excluding hydrogens is 596 g/mol. The Morgan fingerprint density at radius 2 is 1.86 bits per heavy atom. The number of alkyl halides is 3. The van der Waals surface area contributed by atoms with E-state index in [1.165, 1.54) is 24.7 Å². The standard InChI is InChI=1S/C31H27ClF4N8/c1-29(2,3)16-40-25-17(13-37)14-39-26-21(25)11-18(12-22(26)32)41-28(20-6-7-23(33)27-19(20)5-4-10-38-27)24-15-44(43-42-24)30(8-9-30)31(34,35)36/h4-7,10-12,14-15,28,41H,8-9,16H2,1-3H3,(H,39,40). The minimum absolute atomic E-state index is 0.0976. The van der Waals surface area contributed by atoms with Gasteiger partial charge in [0, 0.05) is 35.4 Å². The number of fused-ring (bicyclic) bond motifs is 2. The summed E-state index contributed by atoms with van der Waals surface area (Å²) in [5.41, 5.74) is 0.410. The van der Waals surface area contributed by atoms with Gasteiger partial charge in [-0.25, -0.2) is 9.07 Å².